The summed E-state index contributed by atoms with van der Waals surface area (Å²) in [5.41, 5.74) is 2.59. The monoisotopic (exact) mass is 354 g/mol. The van der Waals surface area contributed by atoms with Gasteiger partial charge in [0.1, 0.15) is 0 Å². The second-order valence-electron chi connectivity index (χ2n) is 6.83. The van der Waals surface area contributed by atoms with Crippen molar-refractivity contribution in [2.75, 3.05) is 31.1 Å². The summed E-state index contributed by atoms with van der Waals surface area (Å²) in [4.78, 5) is 2.45. The first-order chi connectivity index (χ1) is 9.87. The Morgan fingerprint density at radius 3 is 2.81 bits per heavy atom. The summed E-state index contributed by atoms with van der Waals surface area (Å²) in [5, 5.41) is 3.55. The molecular formula is C17H27BrN2O. The summed E-state index contributed by atoms with van der Waals surface area (Å²) >= 11 is 3.60. The number of nitrogens with zero attached hydrogens (tertiary/aromatic N) is 1. The zero-order valence-electron chi connectivity index (χ0n) is 13.6. The Balaban J connectivity index is 2.14. The van der Waals surface area contributed by atoms with Gasteiger partial charge >= 0.3 is 0 Å². The maximum Gasteiger partial charge on any atom is 0.0801 e. The summed E-state index contributed by atoms with van der Waals surface area (Å²) in [5.74, 6) is 0.672. The second kappa shape index (κ2) is 7.12. The predicted molar refractivity (Wildman–Crippen MR) is 92.9 cm³/mol. The lowest BCUT2D eigenvalue weighted by atomic mass is 10.0. The Bertz CT molecular complexity index is 474. The smallest absolute Gasteiger partial charge is 0.0801 e. The van der Waals surface area contributed by atoms with Crippen LogP contribution < -0.4 is 10.2 Å². The van der Waals surface area contributed by atoms with E-state index in [-0.39, 0.29) is 5.60 Å². The fraction of sp³-hybridized carbons (Fsp3) is 0.647. The Morgan fingerprint density at radius 2 is 2.14 bits per heavy atom. The number of ether oxygens (including phenoxy) is 1. The van der Waals surface area contributed by atoms with Crippen molar-refractivity contribution in [3.8, 4) is 0 Å². The summed E-state index contributed by atoms with van der Waals surface area (Å²) < 4.78 is 6.96. The molecule has 0 aromatic heterocycles. The molecule has 1 aromatic carbocycles. The van der Waals surface area contributed by atoms with Gasteiger partial charge in [0.25, 0.3) is 0 Å². The van der Waals surface area contributed by atoms with Crippen LogP contribution in [0, 0.1) is 5.92 Å². The number of rotatable bonds is 5. The van der Waals surface area contributed by atoms with Crippen molar-refractivity contribution in [2.24, 2.45) is 5.92 Å². The number of hydrogen-bond acceptors (Lipinski definition) is 3. The SMILES string of the molecule is CC(C)CNCc1ccc(Br)cc1N1CCOC(C)(C)C1. The van der Waals surface area contributed by atoms with Crippen molar-refractivity contribution in [1.29, 1.82) is 0 Å². The molecule has 1 aliphatic heterocycles. The van der Waals surface area contributed by atoms with Gasteiger partial charge in [-0.15, -0.1) is 0 Å². The van der Waals surface area contributed by atoms with Crippen LogP contribution in [0.15, 0.2) is 22.7 Å². The second-order valence-corrected chi connectivity index (χ2v) is 7.74. The third-order valence-electron chi connectivity index (χ3n) is 3.68. The van der Waals surface area contributed by atoms with Crippen molar-refractivity contribution in [3.05, 3.63) is 28.2 Å². The highest BCUT2D eigenvalue weighted by Gasteiger charge is 2.28. The van der Waals surface area contributed by atoms with E-state index in [0.29, 0.717) is 5.92 Å². The van der Waals surface area contributed by atoms with Gasteiger partial charge in [-0.1, -0.05) is 35.8 Å². The number of benzene rings is 1. The van der Waals surface area contributed by atoms with Gasteiger partial charge in [0.05, 0.1) is 12.2 Å². The Labute approximate surface area is 137 Å². The van der Waals surface area contributed by atoms with Crippen LogP contribution in [-0.4, -0.2) is 31.8 Å². The molecule has 2 rings (SSSR count). The molecule has 1 aliphatic rings. The summed E-state index contributed by atoms with van der Waals surface area (Å²) in [6.07, 6.45) is 0. The fourth-order valence-corrected chi connectivity index (χ4v) is 3.05. The Kier molecular flexibility index (Phi) is 5.69. The number of halogens is 1. The Hall–Kier alpha value is -0.580. The molecule has 0 radical (unpaired) electrons. The van der Waals surface area contributed by atoms with E-state index in [0.717, 1.165) is 37.3 Å². The maximum absolute atomic E-state index is 5.83. The standard InChI is InChI=1S/C17H27BrN2O/c1-13(2)10-19-11-14-5-6-15(18)9-16(14)20-7-8-21-17(3,4)12-20/h5-6,9,13,19H,7-8,10-12H2,1-4H3. The van der Waals surface area contributed by atoms with E-state index in [1.54, 1.807) is 0 Å². The first-order valence-corrected chi connectivity index (χ1v) is 8.55. The van der Waals surface area contributed by atoms with Crippen molar-refractivity contribution in [2.45, 2.75) is 39.8 Å². The van der Waals surface area contributed by atoms with Gasteiger partial charge in [0.2, 0.25) is 0 Å². The van der Waals surface area contributed by atoms with E-state index in [1.165, 1.54) is 11.3 Å². The summed E-state index contributed by atoms with van der Waals surface area (Å²) in [6, 6.07) is 6.57. The lowest BCUT2D eigenvalue weighted by molar-refractivity contribution is -0.0277. The van der Waals surface area contributed by atoms with Crippen LogP contribution in [-0.2, 0) is 11.3 Å². The predicted octanol–water partition coefficient (Wildman–Crippen LogP) is 3.81. The van der Waals surface area contributed by atoms with E-state index in [4.69, 9.17) is 4.74 Å². The molecule has 0 spiro atoms. The molecule has 0 saturated carbocycles. The number of hydrogen-bond donors (Lipinski definition) is 1. The molecule has 0 atom stereocenters. The van der Waals surface area contributed by atoms with E-state index in [9.17, 15) is 0 Å². The van der Waals surface area contributed by atoms with E-state index < -0.39 is 0 Å². The molecule has 1 fully saturated rings. The average Bonchev–Trinajstić information content (AvgIpc) is 2.39. The van der Waals surface area contributed by atoms with Crippen LogP contribution in [0.25, 0.3) is 0 Å². The third kappa shape index (κ3) is 4.97. The highest BCUT2D eigenvalue weighted by atomic mass is 79.9. The number of anilines is 1. The van der Waals surface area contributed by atoms with E-state index >= 15 is 0 Å². The molecular weight excluding hydrogens is 328 g/mol. The molecule has 0 amide bonds. The van der Waals surface area contributed by atoms with Crippen LogP contribution in [0.2, 0.25) is 0 Å². The van der Waals surface area contributed by atoms with Crippen LogP contribution in [0.5, 0.6) is 0 Å². The van der Waals surface area contributed by atoms with Gasteiger partial charge in [-0.25, -0.2) is 0 Å². The highest BCUT2D eigenvalue weighted by molar-refractivity contribution is 9.10. The lowest BCUT2D eigenvalue weighted by Gasteiger charge is -2.40. The Morgan fingerprint density at radius 1 is 1.38 bits per heavy atom. The normalized spacial score (nSPS) is 18.3. The minimum Gasteiger partial charge on any atom is -0.372 e. The number of morpholine rings is 1. The maximum atomic E-state index is 5.83. The molecule has 0 bridgehead atoms. The molecule has 0 unspecified atom stereocenters. The topological polar surface area (TPSA) is 24.5 Å². The highest BCUT2D eigenvalue weighted by Crippen LogP contribution is 2.29. The van der Waals surface area contributed by atoms with Crippen LogP contribution in [0.3, 0.4) is 0 Å². The summed E-state index contributed by atoms with van der Waals surface area (Å²) in [6.45, 7) is 13.4. The molecule has 1 aromatic rings. The first kappa shape index (κ1) is 16.8. The van der Waals surface area contributed by atoms with Crippen molar-refractivity contribution < 1.29 is 4.74 Å². The van der Waals surface area contributed by atoms with Crippen LogP contribution >= 0.6 is 15.9 Å². The quantitative estimate of drug-likeness (QED) is 0.869. The lowest BCUT2D eigenvalue weighted by Crippen LogP contribution is -2.48. The van der Waals surface area contributed by atoms with Gasteiger partial charge in [0, 0.05) is 29.8 Å². The zero-order valence-corrected chi connectivity index (χ0v) is 15.2. The fourth-order valence-electron chi connectivity index (χ4n) is 2.70. The minimum atomic E-state index is -0.0802. The van der Waals surface area contributed by atoms with Crippen molar-refractivity contribution >= 4 is 21.6 Å². The van der Waals surface area contributed by atoms with Gasteiger partial charge in [0.15, 0.2) is 0 Å². The third-order valence-corrected chi connectivity index (χ3v) is 4.17. The molecule has 1 N–H and O–H groups in total. The molecule has 118 valence electrons. The van der Waals surface area contributed by atoms with Gasteiger partial charge < -0.3 is 15.0 Å². The van der Waals surface area contributed by atoms with Crippen LogP contribution in [0.4, 0.5) is 5.69 Å². The van der Waals surface area contributed by atoms with Crippen molar-refractivity contribution in [3.63, 3.8) is 0 Å². The summed E-state index contributed by atoms with van der Waals surface area (Å²) in [7, 11) is 0. The average molecular weight is 355 g/mol. The van der Waals surface area contributed by atoms with Gasteiger partial charge in [-0.3, -0.25) is 0 Å². The molecule has 3 nitrogen and oxygen atoms in total. The van der Waals surface area contributed by atoms with Crippen molar-refractivity contribution in [1.82, 2.24) is 5.32 Å². The molecule has 1 heterocycles. The molecule has 4 heteroatoms. The molecule has 21 heavy (non-hydrogen) atoms. The van der Waals surface area contributed by atoms with Gasteiger partial charge in [-0.05, 0) is 44.0 Å². The molecule has 1 saturated heterocycles. The molecule has 0 aliphatic carbocycles. The minimum absolute atomic E-state index is 0.0802. The van der Waals surface area contributed by atoms with E-state index in [1.807, 2.05) is 0 Å². The van der Waals surface area contributed by atoms with E-state index in [2.05, 4.69) is 72.0 Å². The zero-order chi connectivity index (χ0) is 15.5. The van der Waals surface area contributed by atoms with Crippen LogP contribution in [0.1, 0.15) is 33.3 Å². The largest absolute Gasteiger partial charge is 0.372 e. The van der Waals surface area contributed by atoms with Gasteiger partial charge in [-0.2, -0.15) is 0 Å². The number of nitrogens with one attached hydrogen (secondary N) is 1. The first-order valence-electron chi connectivity index (χ1n) is 7.75.